The van der Waals surface area contributed by atoms with Crippen molar-refractivity contribution in [1.82, 2.24) is 16.0 Å². The highest BCUT2D eigenvalue weighted by Crippen LogP contribution is 2.17. The molecule has 1 aliphatic rings. The Kier molecular flexibility index (Phi) is 10.8. The van der Waals surface area contributed by atoms with Crippen molar-refractivity contribution in [3.8, 4) is 0 Å². The summed E-state index contributed by atoms with van der Waals surface area (Å²) in [7, 11) is 0. The fourth-order valence-electron chi connectivity index (χ4n) is 3.69. The number of ether oxygens (including phenoxy) is 1. The first-order chi connectivity index (χ1) is 15.7. The van der Waals surface area contributed by atoms with Gasteiger partial charge in [0.15, 0.2) is 0 Å². The van der Waals surface area contributed by atoms with Crippen LogP contribution in [0.3, 0.4) is 0 Å². The average molecular weight is 480 g/mol. The molecule has 5 atom stereocenters. The van der Waals surface area contributed by atoms with Gasteiger partial charge >= 0.3 is 5.97 Å². The van der Waals surface area contributed by atoms with Gasteiger partial charge in [0.1, 0.15) is 24.2 Å². The molecule has 3 N–H and O–H groups in total. The van der Waals surface area contributed by atoms with Gasteiger partial charge < -0.3 is 20.7 Å². The Morgan fingerprint density at radius 3 is 2.48 bits per heavy atom. The van der Waals surface area contributed by atoms with Crippen molar-refractivity contribution in [2.45, 2.75) is 96.9 Å². The Morgan fingerprint density at radius 1 is 1.09 bits per heavy atom. The largest absolute Gasteiger partial charge is 0.460 e. The van der Waals surface area contributed by atoms with Gasteiger partial charge in [0.25, 0.3) is 0 Å². The van der Waals surface area contributed by atoms with E-state index in [0.717, 1.165) is 24.1 Å². The van der Waals surface area contributed by atoms with Gasteiger partial charge in [-0.1, -0.05) is 46.1 Å². The minimum Gasteiger partial charge on any atom is -0.460 e. The quantitative estimate of drug-likeness (QED) is 0.392. The molecule has 0 saturated carbocycles. The van der Waals surface area contributed by atoms with Crippen LogP contribution < -0.4 is 16.0 Å². The van der Waals surface area contributed by atoms with Gasteiger partial charge in [0.05, 0.1) is 6.42 Å². The fourth-order valence-corrected chi connectivity index (χ4v) is 4.44. The second-order valence-corrected chi connectivity index (χ2v) is 9.80. The van der Waals surface area contributed by atoms with Crippen LogP contribution in [0.15, 0.2) is 17.5 Å². The first kappa shape index (κ1) is 26.8. The lowest BCUT2D eigenvalue weighted by molar-refractivity contribution is -0.156. The summed E-state index contributed by atoms with van der Waals surface area (Å²) in [6.45, 7) is 7.43. The molecule has 0 bridgehead atoms. The van der Waals surface area contributed by atoms with E-state index in [1.54, 1.807) is 6.92 Å². The van der Waals surface area contributed by atoms with Gasteiger partial charge in [-0.05, 0) is 37.1 Å². The molecule has 0 aliphatic carbocycles. The van der Waals surface area contributed by atoms with Gasteiger partial charge in [0.2, 0.25) is 17.7 Å². The van der Waals surface area contributed by atoms with E-state index in [4.69, 9.17) is 4.74 Å². The lowest BCUT2D eigenvalue weighted by Crippen LogP contribution is -2.55. The van der Waals surface area contributed by atoms with Gasteiger partial charge in [-0.2, -0.15) is 0 Å². The molecule has 33 heavy (non-hydrogen) atoms. The molecule has 3 amide bonds. The number of cyclic esters (lactones) is 1. The Hall–Kier alpha value is -2.42. The smallest absolute Gasteiger partial charge is 0.329 e. The van der Waals surface area contributed by atoms with Crippen molar-refractivity contribution in [3.05, 3.63) is 22.4 Å². The Balaban J connectivity index is 2.30. The van der Waals surface area contributed by atoms with Crippen LogP contribution in [0, 0.1) is 5.92 Å². The third-order valence-corrected chi connectivity index (χ3v) is 6.88. The number of rotatable bonds is 8. The summed E-state index contributed by atoms with van der Waals surface area (Å²) in [4.78, 5) is 52.6. The second-order valence-electron chi connectivity index (χ2n) is 8.76. The molecule has 8 nitrogen and oxygen atoms in total. The zero-order chi connectivity index (χ0) is 24.4. The van der Waals surface area contributed by atoms with Gasteiger partial charge in [-0.25, -0.2) is 4.79 Å². The molecule has 9 heteroatoms. The minimum absolute atomic E-state index is 0.0274. The summed E-state index contributed by atoms with van der Waals surface area (Å²) in [5.74, 6) is -1.96. The van der Waals surface area contributed by atoms with E-state index >= 15 is 0 Å². The molecule has 1 aromatic heterocycles. The van der Waals surface area contributed by atoms with Gasteiger partial charge in [-0.15, -0.1) is 11.3 Å². The zero-order valence-corrected chi connectivity index (χ0v) is 20.8. The number of amides is 3. The van der Waals surface area contributed by atoms with Crippen molar-refractivity contribution in [2.24, 2.45) is 5.92 Å². The normalized spacial score (nSPS) is 26.1. The molecular formula is C24H37N3O5S. The Morgan fingerprint density at radius 2 is 1.85 bits per heavy atom. The summed E-state index contributed by atoms with van der Waals surface area (Å²) in [6, 6.07) is 1.23. The molecule has 2 heterocycles. The van der Waals surface area contributed by atoms with Crippen LogP contribution in [0.2, 0.25) is 0 Å². The molecule has 1 aromatic rings. The maximum absolute atomic E-state index is 13.0. The van der Waals surface area contributed by atoms with Crippen LogP contribution in [0.25, 0.3) is 0 Å². The highest BCUT2D eigenvalue weighted by Gasteiger charge is 2.33. The average Bonchev–Trinajstić information content (AvgIpc) is 3.28. The maximum Gasteiger partial charge on any atom is 0.329 e. The number of carbonyl (C=O) groups excluding carboxylic acids is 4. The molecule has 0 spiro atoms. The van der Waals surface area contributed by atoms with Crippen LogP contribution in [0.4, 0.5) is 0 Å². The Bertz CT molecular complexity index is 798. The molecule has 1 fully saturated rings. The topological polar surface area (TPSA) is 114 Å². The lowest BCUT2D eigenvalue weighted by atomic mass is 9.98. The second kappa shape index (κ2) is 13.3. The molecule has 0 aromatic carbocycles. The highest BCUT2D eigenvalue weighted by molar-refractivity contribution is 7.09. The standard InChI is InChI=1S/C24H37N3O5S/c1-5-7-8-10-17-13-20(28)26-19(14-18-11-9-12-33-18)23(30)25-16(4)22(29)27-21(15(3)6-2)24(31)32-17/h9,11-12,15-17,19,21H,5-8,10,13-14H2,1-4H3,(H,25,30)(H,26,28)(H,27,29)/t15-,16-,17+,19-,21+/m0/s1. The van der Waals surface area contributed by atoms with E-state index < -0.39 is 42.0 Å². The van der Waals surface area contributed by atoms with Crippen molar-refractivity contribution in [2.75, 3.05) is 0 Å². The van der Waals surface area contributed by atoms with Gasteiger partial charge in [0, 0.05) is 11.3 Å². The zero-order valence-electron chi connectivity index (χ0n) is 20.0. The SMILES string of the molecule is CCCCC[C@@H]1CC(=O)N[C@@H](Cc2cccs2)C(=O)N[C@@H](C)C(=O)N[C@H]([C@@H](C)CC)C(=O)O1. The summed E-state index contributed by atoms with van der Waals surface area (Å²) in [5, 5.41) is 10.1. The van der Waals surface area contributed by atoms with Crippen LogP contribution in [-0.4, -0.2) is 47.9 Å². The van der Waals surface area contributed by atoms with E-state index in [1.165, 1.54) is 11.3 Å². The molecule has 0 radical (unpaired) electrons. The molecule has 1 aliphatic heterocycles. The highest BCUT2D eigenvalue weighted by atomic mass is 32.1. The monoisotopic (exact) mass is 479 g/mol. The van der Waals surface area contributed by atoms with E-state index in [-0.39, 0.29) is 18.2 Å². The molecule has 184 valence electrons. The number of thiophene rings is 1. The van der Waals surface area contributed by atoms with Crippen molar-refractivity contribution < 1.29 is 23.9 Å². The van der Waals surface area contributed by atoms with E-state index in [1.807, 2.05) is 31.4 Å². The van der Waals surface area contributed by atoms with E-state index in [9.17, 15) is 19.2 Å². The summed E-state index contributed by atoms with van der Waals surface area (Å²) < 4.78 is 5.75. The molecule has 2 rings (SSSR count). The number of carbonyl (C=O) groups is 4. The number of hydrogen-bond acceptors (Lipinski definition) is 6. The lowest BCUT2D eigenvalue weighted by Gasteiger charge is -2.26. The molecule has 0 unspecified atom stereocenters. The van der Waals surface area contributed by atoms with Gasteiger partial charge in [-0.3, -0.25) is 14.4 Å². The van der Waals surface area contributed by atoms with Crippen molar-refractivity contribution in [1.29, 1.82) is 0 Å². The number of nitrogens with one attached hydrogen (secondary N) is 3. The summed E-state index contributed by atoms with van der Waals surface area (Å²) in [6.07, 6.45) is 3.66. The predicted molar refractivity (Wildman–Crippen MR) is 128 cm³/mol. The van der Waals surface area contributed by atoms with Crippen molar-refractivity contribution >= 4 is 35.0 Å². The third kappa shape index (κ3) is 8.46. The maximum atomic E-state index is 13.0. The number of esters is 1. The third-order valence-electron chi connectivity index (χ3n) is 5.98. The minimum atomic E-state index is -0.874. The first-order valence-corrected chi connectivity index (χ1v) is 12.8. The summed E-state index contributed by atoms with van der Waals surface area (Å²) in [5.41, 5.74) is 0. The molecule has 1 saturated heterocycles. The number of unbranched alkanes of at least 4 members (excludes halogenated alkanes) is 2. The molecular weight excluding hydrogens is 442 g/mol. The van der Waals surface area contributed by atoms with Crippen LogP contribution >= 0.6 is 11.3 Å². The first-order valence-electron chi connectivity index (χ1n) is 11.9. The number of hydrogen-bond donors (Lipinski definition) is 3. The van der Waals surface area contributed by atoms with Crippen LogP contribution in [-0.2, 0) is 30.3 Å². The fraction of sp³-hybridized carbons (Fsp3) is 0.667. The summed E-state index contributed by atoms with van der Waals surface area (Å²) >= 11 is 1.49. The van der Waals surface area contributed by atoms with Crippen molar-refractivity contribution in [3.63, 3.8) is 0 Å². The van der Waals surface area contributed by atoms with Crippen LogP contribution in [0.5, 0.6) is 0 Å². The van der Waals surface area contributed by atoms with E-state index in [2.05, 4.69) is 22.9 Å². The van der Waals surface area contributed by atoms with E-state index in [0.29, 0.717) is 19.3 Å². The predicted octanol–water partition coefficient (Wildman–Crippen LogP) is 2.71. The Labute approximate surface area is 200 Å². The van der Waals surface area contributed by atoms with Crippen LogP contribution in [0.1, 0.15) is 71.1 Å².